The topological polar surface area (TPSA) is 89.8 Å². The van der Waals surface area contributed by atoms with Gasteiger partial charge in [0.25, 0.3) is 11.8 Å². The minimum absolute atomic E-state index is 0.0964. The SMILES string of the molecule is COc1ccccc1C(=O)N1CCN(C(=O)c2nnn3c2COC(c2ccccc2)C3)CC1. The molecule has 0 spiro atoms. The Labute approximate surface area is 191 Å². The molecule has 0 aliphatic carbocycles. The molecule has 0 bridgehead atoms. The molecule has 9 nitrogen and oxygen atoms in total. The molecule has 2 aromatic carbocycles. The summed E-state index contributed by atoms with van der Waals surface area (Å²) in [4.78, 5) is 29.6. The minimum Gasteiger partial charge on any atom is -0.496 e. The molecule has 0 N–H and O–H groups in total. The average Bonchev–Trinajstić information content (AvgIpc) is 3.31. The quantitative estimate of drug-likeness (QED) is 0.609. The lowest BCUT2D eigenvalue weighted by molar-refractivity contribution is -0.00202. The van der Waals surface area contributed by atoms with Crippen LogP contribution in [0.2, 0.25) is 0 Å². The van der Waals surface area contributed by atoms with Crippen molar-refractivity contribution in [1.29, 1.82) is 0 Å². The Morgan fingerprint density at radius 3 is 2.33 bits per heavy atom. The van der Waals surface area contributed by atoms with Crippen molar-refractivity contribution in [3.05, 3.63) is 77.1 Å². The molecule has 2 aliphatic rings. The van der Waals surface area contributed by atoms with Crippen LogP contribution in [-0.2, 0) is 17.9 Å². The summed E-state index contributed by atoms with van der Waals surface area (Å²) in [6.45, 7) is 2.54. The zero-order valence-electron chi connectivity index (χ0n) is 18.4. The number of methoxy groups -OCH3 is 1. The molecule has 170 valence electrons. The Balaban J connectivity index is 1.23. The molecule has 1 fully saturated rings. The summed E-state index contributed by atoms with van der Waals surface area (Å²) >= 11 is 0. The van der Waals surface area contributed by atoms with E-state index in [9.17, 15) is 9.59 Å². The highest BCUT2D eigenvalue weighted by atomic mass is 16.5. The van der Waals surface area contributed by atoms with E-state index in [-0.39, 0.29) is 24.5 Å². The lowest BCUT2D eigenvalue weighted by Crippen LogP contribution is -2.50. The first-order valence-electron chi connectivity index (χ1n) is 11.0. The number of carbonyl (C=O) groups excluding carboxylic acids is 2. The second-order valence-electron chi connectivity index (χ2n) is 8.06. The molecule has 5 rings (SSSR count). The number of para-hydroxylation sites is 1. The molecule has 0 radical (unpaired) electrons. The second-order valence-corrected chi connectivity index (χ2v) is 8.06. The maximum Gasteiger partial charge on any atom is 0.276 e. The molecule has 0 saturated carbocycles. The first-order chi connectivity index (χ1) is 16.2. The van der Waals surface area contributed by atoms with Crippen molar-refractivity contribution >= 4 is 11.8 Å². The predicted molar refractivity (Wildman–Crippen MR) is 119 cm³/mol. The van der Waals surface area contributed by atoms with E-state index in [1.54, 1.807) is 33.7 Å². The van der Waals surface area contributed by atoms with E-state index in [1.165, 1.54) is 0 Å². The van der Waals surface area contributed by atoms with Crippen molar-refractivity contribution in [1.82, 2.24) is 24.8 Å². The molecule has 3 heterocycles. The fourth-order valence-corrected chi connectivity index (χ4v) is 4.30. The van der Waals surface area contributed by atoms with E-state index in [0.29, 0.717) is 55.4 Å². The van der Waals surface area contributed by atoms with E-state index >= 15 is 0 Å². The minimum atomic E-state index is -0.178. The lowest BCUT2D eigenvalue weighted by Gasteiger charge is -2.34. The van der Waals surface area contributed by atoms with Gasteiger partial charge in [-0.05, 0) is 17.7 Å². The van der Waals surface area contributed by atoms with Crippen LogP contribution < -0.4 is 4.74 Å². The molecule has 3 aromatic rings. The van der Waals surface area contributed by atoms with Gasteiger partial charge in [0.1, 0.15) is 11.9 Å². The molecular weight excluding hydrogens is 422 g/mol. The second kappa shape index (κ2) is 9.03. The Morgan fingerprint density at radius 2 is 1.61 bits per heavy atom. The number of hydrogen-bond acceptors (Lipinski definition) is 6. The third-order valence-electron chi connectivity index (χ3n) is 6.16. The van der Waals surface area contributed by atoms with E-state index in [1.807, 2.05) is 42.5 Å². The van der Waals surface area contributed by atoms with Gasteiger partial charge in [0.05, 0.1) is 31.5 Å². The van der Waals surface area contributed by atoms with Crippen LogP contribution in [0, 0.1) is 0 Å². The van der Waals surface area contributed by atoms with Crippen LogP contribution in [0.3, 0.4) is 0 Å². The largest absolute Gasteiger partial charge is 0.496 e. The molecule has 9 heteroatoms. The first-order valence-corrected chi connectivity index (χ1v) is 11.0. The third-order valence-corrected chi connectivity index (χ3v) is 6.16. The number of carbonyl (C=O) groups is 2. The highest BCUT2D eigenvalue weighted by Gasteiger charge is 2.32. The van der Waals surface area contributed by atoms with Gasteiger partial charge in [-0.1, -0.05) is 47.7 Å². The van der Waals surface area contributed by atoms with Crippen LogP contribution in [-0.4, -0.2) is 69.9 Å². The molecule has 1 aromatic heterocycles. The van der Waals surface area contributed by atoms with Crippen molar-refractivity contribution in [2.75, 3.05) is 33.3 Å². The van der Waals surface area contributed by atoms with E-state index in [4.69, 9.17) is 9.47 Å². The molecule has 1 saturated heterocycles. The van der Waals surface area contributed by atoms with Crippen LogP contribution >= 0.6 is 0 Å². The summed E-state index contributed by atoms with van der Waals surface area (Å²) in [6, 6.07) is 17.1. The Bertz CT molecular complexity index is 1150. The van der Waals surface area contributed by atoms with Crippen LogP contribution in [0.4, 0.5) is 0 Å². The van der Waals surface area contributed by atoms with E-state index in [0.717, 1.165) is 5.56 Å². The van der Waals surface area contributed by atoms with Gasteiger partial charge in [-0.2, -0.15) is 0 Å². The zero-order valence-corrected chi connectivity index (χ0v) is 18.4. The highest BCUT2D eigenvalue weighted by Crippen LogP contribution is 2.27. The third kappa shape index (κ3) is 4.07. The summed E-state index contributed by atoms with van der Waals surface area (Å²) in [6.07, 6.45) is -0.118. The number of aromatic nitrogens is 3. The fraction of sp³-hybridized carbons (Fsp3) is 0.333. The Morgan fingerprint density at radius 1 is 0.939 bits per heavy atom. The van der Waals surface area contributed by atoms with Crippen LogP contribution in [0.25, 0.3) is 0 Å². The number of ether oxygens (including phenoxy) is 2. The average molecular weight is 447 g/mol. The van der Waals surface area contributed by atoms with Gasteiger partial charge >= 0.3 is 0 Å². The lowest BCUT2D eigenvalue weighted by atomic mass is 10.1. The van der Waals surface area contributed by atoms with Crippen molar-refractivity contribution in [3.8, 4) is 5.75 Å². The number of piperazine rings is 1. The van der Waals surface area contributed by atoms with Gasteiger partial charge in [0.15, 0.2) is 5.69 Å². The van der Waals surface area contributed by atoms with Crippen LogP contribution in [0.5, 0.6) is 5.75 Å². The fourth-order valence-electron chi connectivity index (χ4n) is 4.30. The zero-order chi connectivity index (χ0) is 22.8. The van der Waals surface area contributed by atoms with Gasteiger partial charge < -0.3 is 19.3 Å². The van der Waals surface area contributed by atoms with Crippen molar-refractivity contribution in [3.63, 3.8) is 0 Å². The van der Waals surface area contributed by atoms with Crippen molar-refractivity contribution < 1.29 is 19.1 Å². The number of nitrogens with zero attached hydrogens (tertiary/aromatic N) is 5. The molecule has 1 atom stereocenters. The number of hydrogen-bond donors (Lipinski definition) is 0. The Hall–Kier alpha value is -3.72. The summed E-state index contributed by atoms with van der Waals surface area (Å²) in [5.74, 6) is 0.272. The van der Waals surface area contributed by atoms with Gasteiger partial charge in [-0.25, -0.2) is 4.68 Å². The van der Waals surface area contributed by atoms with Crippen molar-refractivity contribution in [2.45, 2.75) is 19.3 Å². The Kier molecular flexibility index (Phi) is 5.78. The van der Waals surface area contributed by atoms with Gasteiger partial charge in [0.2, 0.25) is 0 Å². The van der Waals surface area contributed by atoms with E-state index in [2.05, 4.69) is 10.3 Å². The normalized spacial score (nSPS) is 18.0. The van der Waals surface area contributed by atoms with Crippen molar-refractivity contribution in [2.24, 2.45) is 0 Å². The maximum atomic E-state index is 13.2. The summed E-state index contributed by atoms with van der Waals surface area (Å²) < 4.78 is 13.1. The summed E-state index contributed by atoms with van der Waals surface area (Å²) in [5, 5.41) is 8.38. The molecule has 1 unspecified atom stereocenters. The van der Waals surface area contributed by atoms with Crippen LogP contribution in [0.15, 0.2) is 54.6 Å². The number of amides is 2. The highest BCUT2D eigenvalue weighted by molar-refractivity contribution is 5.97. The standard InChI is InChI=1S/C24H25N5O4/c1-32-20-10-6-5-9-18(20)23(30)27-11-13-28(14-12-27)24(31)22-19-16-33-21(15-29(19)26-25-22)17-7-3-2-4-8-17/h2-10,21H,11-16H2,1H3. The summed E-state index contributed by atoms with van der Waals surface area (Å²) in [5.41, 5.74) is 2.62. The number of rotatable bonds is 4. The molecule has 2 amide bonds. The predicted octanol–water partition coefficient (Wildman–Crippen LogP) is 2.16. The number of benzene rings is 2. The maximum absolute atomic E-state index is 13.2. The smallest absolute Gasteiger partial charge is 0.276 e. The van der Waals surface area contributed by atoms with E-state index < -0.39 is 0 Å². The molecule has 33 heavy (non-hydrogen) atoms. The van der Waals surface area contributed by atoms with Gasteiger partial charge in [-0.15, -0.1) is 5.10 Å². The van der Waals surface area contributed by atoms with Gasteiger partial charge in [0, 0.05) is 26.2 Å². The molecule has 2 aliphatic heterocycles. The van der Waals surface area contributed by atoms with Crippen LogP contribution in [0.1, 0.15) is 38.2 Å². The molecular formula is C24H25N5O4. The van der Waals surface area contributed by atoms with Gasteiger partial charge in [-0.3, -0.25) is 9.59 Å². The monoisotopic (exact) mass is 447 g/mol. The number of fused-ring (bicyclic) bond motifs is 1. The first kappa shape index (κ1) is 21.1. The summed E-state index contributed by atoms with van der Waals surface area (Å²) in [7, 11) is 1.55.